The number of halogens is 1. The second-order valence-corrected chi connectivity index (χ2v) is 9.58. The predicted octanol–water partition coefficient (Wildman–Crippen LogP) is 4.77. The van der Waals surface area contributed by atoms with Crippen LogP contribution in [0.1, 0.15) is 35.1 Å². The van der Waals surface area contributed by atoms with Gasteiger partial charge in [0.2, 0.25) is 11.8 Å². The summed E-state index contributed by atoms with van der Waals surface area (Å²) in [6, 6.07) is 12.8. The lowest BCUT2D eigenvalue weighted by Gasteiger charge is -2.31. The van der Waals surface area contributed by atoms with Crippen LogP contribution in [0.4, 0.5) is 5.69 Å². The lowest BCUT2D eigenvalue weighted by molar-refractivity contribution is -0.152. The summed E-state index contributed by atoms with van der Waals surface area (Å²) in [4.78, 5) is 38.5. The van der Waals surface area contributed by atoms with E-state index in [0.717, 1.165) is 34.1 Å². The molecule has 0 aliphatic carbocycles. The molecule has 1 aliphatic rings. The molecule has 0 bridgehead atoms. The number of benzene rings is 2. The van der Waals surface area contributed by atoms with E-state index in [0.29, 0.717) is 10.6 Å². The summed E-state index contributed by atoms with van der Waals surface area (Å²) < 4.78 is 5.12. The molecule has 35 heavy (non-hydrogen) atoms. The lowest BCUT2D eigenvalue weighted by Crippen LogP contribution is -2.44. The maximum absolute atomic E-state index is 13.0. The highest BCUT2D eigenvalue weighted by molar-refractivity contribution is 8.03. The van der Waals surface area contributed by atoms with Crippen LogP contribution in [0, 0.1) is 38.0 Å². The highest BCUT2D eigenvalue weighted by Crippen LogP contribution is 2.42. The number of nitriles is 1. The van der Waals surface area contributed by atoms with E-state index in [1.165, 1.54) is 0 Å². The average molecular weight is 512 g/mol. The van der Waals surface area contributed by atoms with Gasteiger partial charge in [0.25, 0.3) is 0 Å². The zero-order chi connectivity index (χ0) is 25.7. The van der Waals surface area contributed by atoms with Crippen LogP contribution in [0.25, 0.3) is 0 Å². The molecule has 7 nitrogen and oxygen atoms in total. The van der Waals surface area contributed by atoms with Crippen LogP contribution < -0.4 is 10.6 Å². The summed E-state index contributed by atoms with van der Waals surface area (Å²) in [7, 11) is 0. The Hall–Kier alpha value is -3.28. The highest BCUT2D eigenvalue weighted by atomic mass is 35.5. The van der Waals surface area contributed by atoms with E-state index >= 15 is 0 Å². The van der Waals surface area contributed by atoms with E-state index in [1.807, 2.05) is 32.9 Å². The number of carbonyl (C=O) groups excluding carboxylic acids is 3. The van der Waals surface area contributed by atoms with E-state index in [1.54, 1.807) is 31.2 Å². The molecule has 0 saturated heterocycles. The number of thioether (sulfide) groups is 1. The SMILES string of the molecule is CCOC(=O)C1C(=O)NC(SCC(=O)Nc2c(C)cc(C)cc2C)=C(C#N)C1c1ccccc1Cl. The average Bonchev–Trinajstić information content (AvgIpc) is 2.80. The molecule has 1 heterocycles. The molecule has 2 aromatic carbocycles. The Kier molecular flexibility index (Phi) is 8.60. The van der Waals surface area contributed by atoms with Gasteiger partial charge in [-0.1, -0.05) is 59.3 Å². The molecular weight excluding hydrogens is 486 g/mol. The number of hydrogen-bond donors (Lipinski definition) is 2. The molecule has 2 N–H and O–H groups in total. The molecular formula is C26H26ClN3O4S. The number of amides is 2. The normalized spacial score (nSPS) is 17.4. The molecule has 182 valence electrons. The number of allylic oxidation sites excluding steroid dienone is 1. The fraction of sp³-hybridized carbons (Fsp3) is 0.308. The summed E-state index contributed by atoms with van der Waals surface area (Å²) in [5.41, 5.74) is 4.34. The molecule has 9 heteroatoms. The molecule has 0 fully saturated rings. The first-order valence-corrected chi connectivity index (χ1v) is 12.4. The number of nitrogens with one attached hydrogen (secondary N) is 2. The van der Waals surface area contributed by atoms with Crippen LogP contribution in [-0.4, -0.2) is 30.1 Å². The number of rotatable bonds is 7. The van der Waals surface area contributed by atoms with Crippen LogP contribution in [0.15, 0.2) is 47.0 Å². The standard InChI is InChI=1S/C26H26ClN3O4S/c1-5-34-26(33)22-21(17-8-6-7-9-19(17)27)18(12-28)25(30-24(22)32)35-13-20(31)29-23-15(3)10-14(2)11-16(23)4/h6-11,21-22H,5,13H2,1-4H3,(H,29,31)(H,30,32). The maximum Gasteiger partial charge on any atom is 0.319 e. The van der Waals surface area contributed by atoms with Crippen molar-refractivity contribution < 1.29 is 19.1 Å². The van der Waals surface area contributed by atoms with Crippen molar-refractivity contribution in [3.05, 3.63) is 74.3 Å². The molecule has 2 aromatic rings. The van der Waals surface area contributed by atoms with Gasteiger partial charge in [0.15, 0.2) is 0 Å². The molecule has 0 aromatic heterocycles. The van der Waals surface area contributed by atoms with Crippen LogP contribution in [-0.2, 0) is 19.1 Å². The first-order chi connectivity index (χ1) is 16.7. The second kappa shape index (κ2) is 11.4. The summed E-state index contributed by atoms with van der Waals surface area (Å²) in [6.45, 7) is 7.56. The van der Waals surface area contributed by atoms with Crippen molar-refractivity contribution >= 4 is 46.8 Å². The number of nitrogens with zero attached hydrogens (tertiary/aromatic N) is 1. The summed E-state index contributed by atoms with van der Waals surface area (Å²) in [6.07, 6.45) is 0. The van der Waals surface area contributed by atoms with Gasteiger partial charge in [0, 0.05) is 16.6 Å². The number of aryl methyl sites for hydroxylation is 3. The van der Waals surface area contributed by atoms with Crippen molar-refractivity contribution in [2.45, 2.75) is 33.6 Å². The van der Waals surface area contributed by atoms with Gasteiger partial charge in [-0.25, -0.2) is 0 Å². The Bertz CT molecular complexity index is 1230. The quantitative estimate of drug-likeness (QED) is 0.409. The van der Waals surface area contributed by atoms with E-state index in [-0.39, 0.29) is 28.9 Å². The molecule has 2 atom stereocenters. The van der Waals surface area contributed by atoms with Crippen molar-refractivity contribution in [3.8, 4) is 6.07 Å². The Morgan fingerprint density at radius 2 is 1.86 bits per heavy atom. The zero-order valence-corrected chi connectivity index (χ0v) is 21.5. The third kappa shape index (κ3) is 5.87. The maximum atomic E-state index is 13.0. The highest BCUT2D eigenvalue weighted by Gasteiger charge is 2.45. The Labute approximate surface area is 213 Å². The molecule has 2 unspecified atom stereocenters. The molecule has 0 radical (unpaired) electrons. The van der Waals surface area contributed by atoms with E-state index in [4.69, 9.17) is 16.3 Å². The van der Waals surface area contributed by atoms with Crippen molar-refractivity contribution in [3.63, 3.8) is 0 Å². The smallest absolute Gasteiger partial charge is 0.319 e. The third-order valence-electron chi connectivity index (χ3n) is 5.60. The van der Waals surface area contributed by atoms with Crippen molar-refractivity contribution in [1.82, 2.24) is 5.32 Å². The van der Waals surface area contributed by atoms with Gasteiger partial charge in [-0.05, 0) is 50.5 Å². The predicted molar refractivity (Wildman–Crippen MR) is 137 cm³/mol. The zero-order valence-electron chi connectivity index (χ0n) is 19.9. The summed E-state index contributed by atoms with van der Waals surface area (Å²) in [5.74, 6) is -3.90. The second-order valence-electron chi connectivity index (χ2n) is 8.18. The minimum atomic E-state index is -1.28. The van der Waals surface area contributed by atoms with E-state index in [9.17, 15) is 19.6 Å². The Balaban J connectivity index is 1.92. The molecule has 3 rings (SSSR count). The number of ether oxygens (including phenoxy) is 1. The van der Waals surface area contributed by atoms with Crippen LogP contribution in [0.3, 0.4) is 0 Å². The summed E-state index contributed by atoms with van der Waals surface area (Å²) in [5, 5.41) is 16.1. The van der Waals surface area contributed by atoms with Crippen LogP contribution in [0.5, 0.6) is 0 Å². The van der Waals surface area contributed by atoms with Crippen molar-refractivity contribution in [1.29, 1.82) is 5.26 Å². The minimum Gasteiger partial charge on any atom is -0.465 e. The number of hydrogen-bond acceptors (Lipinski definition) is 6. The minimum absolute atomic E-state index is 0.0487. The Morgan fingerprint density at radius 3 is 2.46 bits per heavy atom. The van der Waals surface area contributed by atoms with Crippen LogP contribution in [0.2, 0.25) is 5.02 Å². The molecule has 1 aliphatic heterocycles. The number of anilines is 1. The molecule has 0 saturated carbocycles. The summed E-state index contributed by atoms with van der Waals surface area (Å²) >= 11 is 7.42. The first kappa shape index (κ1) is 26.3. The van der Waals surface area contributed by atoms with Crippen molar-refractivity contribution in [2.75, 3.05) is 17.7 Å². The van der Waals surface area contributed by atoms with Gasteiger partial charge >= 0.3 is 5.97 Å². The number of carbonyl (C=O) groups is 3. The van der Waals surface area contributed by atoms with Crippen LogP contribution >= 0.6 is 23.4 Å². The van der Waals surface area contributed by atoms with Gasteiger partial charge in [0.1, 0.15) is 5.92 Å². The van der Waals surface area contributed by atoms with Gasteiger partial charge < -0.3 is 15.4 Å². The van der Waals surface area contributed by atoms with E-state index in [2.05, 4.69) is 16.7 Å². The molecule has 2 amide bonds. The Morgan fingerprint density at radius 1 is 1.20 bits per heavy atom. The van der Waals surface area contributed by atoms with Crippen molar-refractivity contribution in [2.24, 2.45) is 5.92 Å². The fourth-order valence-electron chi connectivity index (χ4n) is 4.18. The topological polar surface area (TPSA) is 108 Å². The van der Waals surface area contributed by atoms with Gasteiger partial charge in [0.05, 0.1) is 29.0 Å². The monoisotopic (exact) mass is 511 g/mol. The van der Waals surface area contributed by atoms with E-state index < -0.39 is 23.7 Å². The van der Waals surface area contributed by atoms with Gasteiger partial charge in [-0.15, -0.1) is 0 Å². The van der Waals surface area contributed by atoms with Gasteiger partial charge in [-0.2, -0.15) is 5.26 Å². The molecule has 0 spiro atoms. The largest absolute Gasteiger partial charge is 0.465 e. The third-order valence-corrected chi connectivity index (χ3v) is 6.96. The fourth-order valence-corrected chi connectivity index (χ4v) is 5.28. The lowest BCUT2D eigenvalue weighted by atomic mass is 9.78. The number of esters is 1. The van der Waals surface area contributed by atoms with Gasteiger partial charge in [-0.3, -0.25) is 14.4 Å². The first-order valence-electron chi connectivity index (χ1n) is 11.0.